The molecule has 134 valence electrons. The van der Waals surface area contributed by atoms with Crippen molar-refractivity contribution >= 4 is 0 Å². The zero-order valence-corrected chi connectivity index (χ0v) is 14.9. The van der Waals surface area contributed by atoms with Gasteiger partial charge in [0.1, 0.15) is 0 Å². The summed E-state index contributed by atoms with van der Waals surface area (Å²) in [5.74, 6) is -0.0372. The Bertz CT molecular complexity index is 623. The first-order valence-electron chi connectivity index (χ1n) is 9.20. The first-order valence-corrected chi connectivity index (χ1v) is 9.20. The minimum Gasteiger partial charge on any atom is -0.392 e. The van der Waals surface area contributed by atoms with Gasteiger partial charge in [0.2, 0.25) is 0 Å². The van der Waals surface area contributed by atoms with Crippen LogP contribution in [-0.4, -0.2) is 44.3 Å². The van der Waals surface area contributed by atoms with Crippen LogP contribution in [-0.2, 0) is 0 Å². The van der Waals surface area contributed by atoms with Crippen molar-refractivity contribution < 1.29 is 20.4 Å². The molecule has 24 heavy (non-hydrogen) atoms. The summed E-state index contributed by atoms with van der Waals surface area (Å²) < 4.78 is 0. The smallest absolute Gasteiger partial charge is 0.0986 e. The van der Waals surface area contributed by atoms with Crippen LogP contribution in [0.25, 0.3) is 0 Å². The van der Waals surface area contributed by atoms with Crippen LogP contribution in [0.1, 0.15) is 46.5 Å². The molecule has 4 aliphatic carbocycles. The van der Waals surface area contributed by atoms with Gasteiger partial charge in [-0.2, -0.15) is 0 Å². The van der Waals surface area contributed by atoms with Gasteiger partial charge in [-0.25, -0.2) is 0 Å². The fourth-order valence-corrected chi connectivity index (χ4v) is 6.53. The number of fused-ring (bicyclic) bond motifs is 2. The lowest BCUT2D eigenvalue weighted by Gasteiger charge is -2.63. The lowest BCUT2D eigenvalue weighted by Crippen LogP contribution is -2.69. The van der Waals surface area contributed by atoms with Crippen LogP contribution in [0.4, 0.5) is 0 Å². The summed E-state index contributed by atoms with van der Waals surface area (Å²) in [4.78, 5) is 0. The van der Waals surface area contributed by atoms with E-state index in [1.165, 1.54) is 5.57 Å². The van der Waals surface area contributed by atoms with Crippen LogP contribution in [0.2, 0.25) is 0 Å². The van der Waals surface area contributed by atoms with E-state index >= 15 is 0 Å². The van der Waals surface area contributed by atoms with Crippen molar-refractivity contribution in [2.24, 2.45) is 28.6 Å². The zero-order valence-electron chi connectivity index (χ0n) is 14.9. The van der Waals surface area contributed by atoms with Gasteiger partial charge >= 0.3 is 0 Å². The molecule has 4 N–H and O–H groups in total. The largest absolute Gasteiger partial charge is 0.392 e. The third-order valence-electron chi connectivity index (χ3n) is 8.01. The summed E-state index contributed by atoms with van der Waals surface area (Å²) in [5.41, 5.74) is -0.550. The maximum Gasteiger partial charge on any atom is 0.0986 e. The van der Waals surface area contributed by atoms with E-state index in [-0.39, 0.29) is 17.8 Å². The van der Waals surface area contributed by atoms with Crippen LogP contribution in [0.3, 0.4) is 0 Å². The molecule has 0 aromatic heterocycles. The van der Waals surface area contributed by atoms with Crippen molar-refractivity contribution in [3.05, 3.63) is 23.8 Å². The van der Waals surface area contributed by atoms with Crippen LogP contribution in [0.15, 0.2) is 23.8 Å². The molecule has 4 aliphatic rings. The maximum absolute atomic E-state index is 11.6. The van der Waals surface area contributed by atoms with E-state index in [1.54, 1.807) is 13.8 Å². The highest BCUT2D eigenvalue weighted by molar-refractivity contribution is 5.38. The quantitative estimate of drug-likeness (QED) is 0.509. The van der Waals surface area contributed by atoms with E-state index in [0.717, 1.165) is 18.4 Å². The van der Waals surface area contributed by atoms with Gasteiger partial charge in [-0.3, -0.25) is 0 Å². The molecule has 0 heterocycles. The molecule has 4 rings (SSSR count). The van der Waals surface area contributed by atoms with Crippen LogP contribution >= 0.6 is 0 Å². The van der Waals surface area contributed by atoms with Crippen LogP contribution < -0.4 is 0 Å². The molecule has 0 radical (unpaired) electrons. The molecule has 0 aromatic carbocycles. The van der Waals surface area contributed by atoms with E-state index < -0.39 is 34.7 Å². The average Bonchev–Trinajstić information content (AvgIpc) is 2.64. The topological polar surface area (TPSA) is 80.9 Å². The lowest BCUT2D eigenvalue weighted by atomic mass is 9.45. The third-order valence-corrected chi connectivity index (χ3v) is 8.01. The second-order valence-electron chi connectivity index (χ2n) is 9.45. The zero-order chi connectivity index (χ0) is 17.7. The van der Waals surface area contributed by atoms with E-state index in [2.05, 4.69) is 19.6 Å². The number of hydrogen-bond acceptors (Lipinski definition) is 4. The lowest BCUT2D eigenvalue weighted by molar-refractivity contribution is -0.245. The molecule has 4 heteroatoms. The predicted octanol–water partition coefficient (Wildman–Crippen LogP) is 1.78. The van der Waals surface area contributed by atoms with Crippen molar-refractivity contribution in [3.8, 4) is 0 Å². The average molecular weight is 334 g/mol. The molecule has 0 amide bonds. The summed E-state index contributed by atoms with van der Waals surface area (Å²) in [6, 6.07) is 0. The molecule has 4 nitrogen and oxygen atoms in total. The van der Waals surface area contributed by atoms with Gasteiger partial charge in [0.15, 0.2) is 0 Å². The second kappa shape index (κ2) is 4.73. The molecule has 0 saturated heterocycles. The molecule has 0 aromatic rings. The van der Waals surface area contributed by atoms with Crippen molar-refractivity contribution in [2.75, 3.05) is 0 Å². The molecule has 1 spiro atoms. The van der Waals surface area contributed by atoms with Gasteiger partial charge in [-0.15, -0.1) is 0 Å². The SMILES string of the molecule is C=C1[C@H]2C[C@H](O)C(C)(C)[C@H](O)[C@]2(O)C[C@]23C=C(C)[C@H](CC[C@@H]12)[C@@H]3O. The van der Waals surface area contributed by atoms with Crippen molar-refractivity contribution in [1.29, 1.82) is 0 Å². The molecule has 2 bridgehead atoms. The Morgan fingerprint density at radius 1 is 1.12 bits per heavy atom. The fraction of sp³-hybridized carbons (Fsp3) is 0.800. The van der Waals surface area contributed by atoms with Gasteiger partial charge in [0.25, 0.3) is 0 Å². The first-order chi connectivity index (χ1) is 11.1. The Morgan fingerprint density at radius 3 is 2.46 bits per heavy atom. The normalized spacial score (nSPS) is 55.6. The van der Waals surface area contributed by atoms with E-state index in [0.29, 0.717) is 12.8 Å². The highest BCUT2D eigenvalue weighted by atomic mass is 16.3. The number of hydrogen-bond donors (Lipinski definition) is 4. The van der Waals surface area contributed by atoms with Crippen LogP contribution in [0.5, 0.6) is 0 Å². The van der Waals surface area contributed by atoms with E-state index in [1.807, 2.05) is 0 Å². The third kappa shape index (κ3) is 1.73. The van der Waals surface area contributed by atoms with Gasteiger partial charge in [0, 0.05) is 22.7 Å². The van der Waals surface area contributed by atoms with Gasteiger partial charge < -0.3 is 20.4 Å². The maximum atomic E-state index is 11.6. The summed E-state index contributed by atoms with van der Waals surface area (Å²) in [5, 5.41) is 44.1. The highest BCUT2D eigenvalue weighted by Gasteiger charge is 2.68. The van der Waals surface area contributed by atoms with E-state index in [4.69, 9.17) is 0 Å². The first kappa shape index (κ1) is 16.8. The minimum absolute atomic E-state index is 0.118. The summed E-state index contributed by atoms with van der Waals surface area (Å²) >= 11 is 0. The predicted molar refractivity (Wildman–Crippen MR) is 91.0 cm³/mol. The molecular weight excluding hydrogens is 304 g/mol. The van der Waals surface area contributed by atoms with Crippen LogP contribution in [0, 0.1) is 28.6 Å². The Kier molecular flexibility index (Phi) is 3.30. The molecule has 0 aliphatic heterocycles. The molecule has 3 saturated carbocycles. The molecular formula is C20H30O4. The van der Waals surface area contributed by atoms with Crippen molar-refractivity contribution in [2.45, 2.75) is 70.4 Å². The summed E-state index contributed by atoms with van der Waals surface area (Å²) in [6.07, 6.45) is 2.59. The van der Waals surface area contributed by atoms with Crippen molar-refractivity contribution in [3.63, 3.8) is 0 Å². The number of aliphatic hydroxyl groups excluding tert-OH is 3. The summed E-state index contributed by atoms with van der Waals surface area (Å²) in [6.45, 7) is 9.97. The standard InChI is InChI=1S/C20H30O4/c1-10-8-19-9-20(24)14(7-15(21)18(3,4)17(20)23)11(2)13(19)6-5-12(10)16(19)22/h8,12-17,21-24H,2,5-7,9H2,1,3-4H3/t12-,13-,14+,15-,16-,17-,19+,20-/m0/s1. The fourth-order valence-electron chi connectivity index (χ4n) is 6.53. The summed E-state index contributed by atoms with van der Waals surface area (Å²) in [7, 11) is 0. The van der Waals surface area contributed by atoms with Gasteiger partial charge in [-0.1, -0.05) is 37.6 Å². The monoisotopic (exact) mass is 334 g/mol. The second-order valence-corrected chi connectivity index (χ2v) is 9.45. The number of aliphatic hydroxyl groups is 4. The minimum atomic E-state index is -1.35. The molecule has 8 atom stereocenters. The van der Waals surface area contributed by atoms with Gasteiger partial charge in [-0.05, 0) is 38.5 Å². The number of rotatable bonds is 0. The highest BCUT2D eigenvalue weighted by Crippen LogP contribution is 2.66. The van der Waals surface area contributed by atoms with Crippen molar-refractivity contribution in [1.82, 2.24) is 0 Å². The Balaban J connectivity index is 1.83. The van der Waals surface area contributed by atoms with Gasteiger partial charge in [0.05, 0.1) is 23.9 Å². The Labute approximate surface area is 143 Å². The molecule has 0 unspecified atom stereocenters. The Morgan fingerprint density at radius 2 is 1.79 bits per heavy atom. The van der Waals surface area contributed by atoms with E-state index in [9.17, 15) is 20.4 Å². The Hall–Kier alpha value is -0.680. The molecule has 3 fully saturated rings.